The van der Waals surface area contributed by atoms with E-state index in [0.717, 1.165) is 11.3 Å². The number of carbonyl (C=O) groups is 1. The van der Waals surface area contributed by atoms with Gasteiger partial charge in [-0.2, -0.15) is 0 Å². The second-order valence-electron chi connectivity index (χ2n) is 4.30. The minimum atomic E-state index is -0.272. The molecule has 20 heavy (non-hydrogen) atoms. The summed E-state index contributed by atoms with van der Waals surface area (Å²) in [4.78, 5) is 11.6. The summed E-state index contributed by atoms with van der Waals surface area (Å²) in [6, 6.07) is 16.6. The smallest absolute Gasteiger partial charge is 0.310 e. The highest BCUT2D eigenvalue weighted by molar-refractivity contribution is 5.72. The van der Waals surface area contributed by atoms with Crippen LogP contribution in [0.25, 0.3) is 0 Å². The first-order valence-electron chi connectivity index (χ1n) is 6.42. The van der Waals surface area contributed by atoms with E-state index in [4.69, 9.17) is 15.2 Å². The topological polar surface area (TPSA) is 61.6 Å². The number of hydrogen-bond donors (Lipinski definition) is 1. The van der Waals surface area contributed by atoms with Gasteiger partial charge in [-0.25, -0.2) is 0 Å². The lowest BCUT2D eigenvalue weighted by Gasteiger charge is -2.07. The highest BCUT2D eigenvalue weighted by Crippen LogP contribution is 2.08. The van der Waals surface area contributed by atoms with Gasteiger partial charge in [0.05, 0.1) is 6.42 Å². The zero-order chi connectivity index (χ0) is 14.2. The molecule has 0 radical (unpaired) electrons. The molecule has 4 heteroatoms. The standard InChI is InChI=1S/C16H17NO3/c17-14-8-6-13(7-9-14)12-16(18)20-11-10-19-15-4-2-1-3-5-15/h1-9H,10-12,17H2. The molecule has 0 aliphatic heterocycles. The van der Waals surface area contributed by atoms with Crippen LogP contribution in [0, 0.1) is 0 Å². The van der Waals surface area contributed by atoms with Crippen molar-refractivity contribution in [1.82, 2.24) is 0 Å². The summed E-state index contributed by atoms with van der Waals surface area (Å²) in [5.74, 6) is 0.494. The van der Waals surface area contributed by atoms with Crippen LogP contribution in [0.15, 0.2) is 54.6 Å². The largest absolute Gasteiger partial charge is 0.490 e. The number of rotatable bonds is 6. The van der Waals surface area contributed by atoms with Crippen molar-refractivity contribution in [3.05, 3.63) is 60.2 Å². The first kappa shape index (κ1) is 13.9. The number of esters is 1. The molecule has 0 heterocycles. The molecule has 2 N–H and O–H groups in total. The van der Waals surface area contributed by atoms with Gasteiger partial charge in [0.15, 0.2) is 0 Å². The Morgan fingerprint density at radius 3 is 2.35 bits per heavy atom. The van der Waals surface area contributed by atoms with Gasteiger partial charge in [0.25, 0.3) is 0 Å². The van der Waals surface area contributed by atoms with Crippen molar-refractivity contribution in [3.8, 4) is 5.75 Å². The number of benzene rings is 2. The fourth-order valence-corrected chi connectivity index (χ4v) is 1.68. The van der Waals surface area contributed by atoms with Crippen LogP contribution < -0.4 is 10.5 Å². The van der Waals surface area contributed by atoms with Crippen molar-refractivity contribution >= 4 is 11.7 Å². The second kappa shape index (κ2) is 7.19. The summed E-state index contributed by atoms with van der Waals surface area (Å²) >= 11 is 0. The molecule has 0 amide bonds. The molecule has 0 spiro atoms. The molecular weight excluding hydrogens is 254 g/mol. The van der Waals surface area contributed by atoms with E-state index in [1.807, 2.05) is 42.5 Å². The summed E-state index contributed by atoms with van der Waals surface area (Å²) < 4.78 is 10.5. The number of anilines is 1. The van der Waals surface area contributed by atoms with E-state index in [-0.39, 0.29) is 19.0 Å². The SMILES string of the molecule is Nc1ccc(CC(=O)OCCOc2ccccc2)cc1. The van der Waals surface area contributed by atoms with Gasteiger partial charge in [-0.15, -0.1) is 0 Å². The average Bonchev–Trinajstić information content (AvgIpc) is 2.47. The molecule has 0 fully saturated rings. The van der Waals surface area contributed by atoms with Crippen LogP contribution in [0.1, 0.15) is 5.56 Å². The minimum absolute atomic E-state index is 0.239. The predicted octanol–water partition coefficient (Wildman–Crippen LogP) is 2.43. The summed E-state index contributed by atoms with van der Waals surface area (Å²) in [6.45, 7) is 0.584. The molecule has 0 aromatic heterocycles. The molecule has 2 aromatic rings. The zero-order valence-corrected chi connectivity index (χ0v) is 11.1. The molecular formula is C16H17NO3. The first-order valence-corrected chi connectivity index (χ1v) is 6.42. The highest BCUT2D eigenvalue weighted by Gasteiger charge is 2.04. The van der Waals surface area contributed by atoms with Gasteiger partial charge in [-0.05, 0) is 29.8 Å². The van der Waals surface area contributed by atoms with Crippen LogP contribution in [0.2, 0.25) is 0 Å². The van der Waals surface area contributed by atoms with Gasteiger partial charge >= 0.3 is 5.97 Å². The average molecular weight is 271 g/mol. The first-order chi connectivity index (χ1) is 9.74. The highest BCUT2D eigenvalue weighted by atomic mass is 16.6. The number of hydrogen-bond acceptors (Lipinski definition) is 4. The fourth-order valence-electron chi connectivity index (χ4n) is 1.68. The van der Waals surface area contributed by atoms with Crippen molar-refractivity contribution in [1.29, 1.82) is 0 Å². The normalized spacial score (nSPS) is 10.0. The fraction of sp³-hybridized carbons (Fsp3) is 0.188. The van der Waals surface area contributed by atoms with E-state index in [1.54, 1.807) is 12.1 Å². The maximum absolute atomic E-state index is 11.6. The van der Waals surface area contributed by atoms with Crippen LogP contribution >= 0.6 is 0 Å². The van der Waals surface area contributed by atoms with Gasteiger partial charge in [0, 0.05) is 5.69 Å². The molecule has 0 bridgehead atoms. The molecule has 2 aromatic carbocycles. The van der Waals surface area contributed by atoms with Crippen molar-refractivity contribution in [2.75, 3.05) is 18.9 Å². The molecule has 0 saturated carbocycles. The Bertz CT molecular complexity index is 537. The molecule has 0 saturated heterocycles. The zero-order valence-electron chi connectivity index (χ0n) is 11.1. The van der Waals surface area contributed by atoms with E-state index in [0.29, 0.717) is 12.3 Å². The van der Waals surface area contributed by atoms with Crippen molar-refractivity contribution in [3.63, 3.8) is 0 Å². The molecule has 0 aliphatic rings. The molecule has 4 nitrogen and oxygen atoms in total. The maximum Gasteiger partial charge on any atom is 0.310 e. The van der Waals surface area contributed by atoms with Crippen LogP contribution in [-0.4, -0.2) is 19.2 Å². The number of ether oxygens (including phenoxy) is 2. The van der Waals surface area contributed by atoms with Gasteiger partial charge in [-0.3, -0.25) is 4.79 Å². The number of nitrogens with two attached hydrogens (primary N) is 1. The van der Waals surface area contributed by atoms with Gasteiger partial charge in [-0.1, -0.05) is 30.3 Å². The second-order valence-corrected chi connectivity index (χ2v) is 4.30. The van der Waals surface area contributed by atoms with E-state index in [9.17, 15) is 4.79 Å². The lowest BCUT2D eigenvalue weighted by Crippen LogP contribution is -2.14. The van der Waals surface area contributed by atoms with Crippen LogP contribution in [0.3, 0.4) is 0 Å². The molecule has 0 atom stereocenters. The molecule has 2 rings (SSSR count). The Balaban J connectivity index is 1.66. The van der Waals surface area contributed by atoms with Crippen molar-refractivity contribution in [2.24, 2.45) is 0 Å². The van der Waals surface area contributed by atoms with Crippen LogP contribution in [0.5, 0.6) is 5.75 Å². The van der Waals surface area contributed by atoms with Crippen LogP contribution in [0.4, 0.5) is 5.69 Å². The summed E-state index contributed by atoms with van der Waals surface area (Å²) in [6.07, 6.45) is 0.242. The lowest BCUT2D eigenvalue weighted by atomic mass is 10.1. The summed E-state index contributed by atoms with van der Waals surface area (Å²) in [5, 5.41) is 0. The third-order valence-electron chi connectivity index (χ3n) is 2.69. The van der Waals surface area contributed by atoms with Gasteiger partial charge in [0.1, 0.15) is 19.0 Å². The van der Waals surface area contributed by atoms with E-state index in [2.05, 4.69) is 0 Å². The van der Waals surface area contributed by atoms with E-state index >= 15 is 0 Å². The number of nitrogen functional groups attached to an aromatic ring is 1. The Morgan fingerprint density at radius 2 is 1.65 bits per heavy atom. The van der Waals surface area contributed by atoms with Crippen molar-refractivity contribution < 1.29 is 14.3 Å². The maximum atomic E-state index is 11.6. The molecule has 0 unspecified atom stereocenters. The van der Waals surface area contributed by atoms with Crippen LogP contribution in [-0.2, 0) is 16.0 Å². The van der Waals surface area contributed by atoms with Gasteiger partial charge < -0.3 is 15.2 Å². The third kappa shape index (κ3) is 4.65. The summed E-state index contributed by atoms with van der Waals surface area (Å²) in [7, 11) is 0. The lowest BCUT2D eigenvalue weighted by molar-refractivity contribution is -0.143. The third-order valence-corrected chi connectivity index (χ3v) is 2.69. The Morgan fingerprint density at radius 1 is 0.950 bits per heavy atom. The minimum Gasteiger partial charge on any atom is -0.490 e. The Kier molecular flexibility index (Phi) is 5.00. The number of para-hydroxylation sites is 1. The van der Waals surface area contributed by atoms with Crippen molar-refractivity contribution in [2.45, 2.75) is 6.42 Å². The molecule has 0 aliphatic carbocycles. The Hall–Kier alpha value is -2.49. The quantitative estimate of drug-likeness (QED) is 0.498. The Labute approximate surface area is 118 Å². The van der Waals surface area contributed by atoms with Gasteiger partial charge in [0.2, 0.25) is 0 Å². The van der Waals surface area contributed by atoms with E-state index < -0.39 is 0 Å². The monoisotopic (exact) mass is 271 g/mol. The molecule has 104 valence electrons. The van der Waals surface area contributed by atoms with E-state index in [1.165, 1.54) is 0 Å². The predicted molar refractivity (Wildman–Crippen MR) is 77.5 cm³/mol. The summed E-state index contributed by atoms with van der Waals surface area (Å²) in [5.41, 5.74) is 7.14. The number of carbonyl (C=O) groups excluding carboxylic acids is 1.